The minimum atomic E-state index is 0.0790. The van der Waals surface area contributed by atoms with Crippen molar-refractivity contribution in [1.82, 2.24) is 5.32 Å². The molecule has 0 radical (unpaired) electrons. The summed E-state index contributed by atoms with van der Waals surface area (Å²) < 4.78 is 0. The van der Waals surface area contributed by atoms with Crippen molar-refractivity contribution in [2.45, 2.75) is 58.3 Å². The van der Waals surface area contributed by atoms with Gasteiger partial charge < -0.3 is 10.1 Å². The van der Waals surface area contributed by atoms with Gasteiger partial charge in [0, 0.05) is 30.8 Å². The predicted molar refractivity (Wildman–Crippen MR) is 74.6 cm³/mol. The Balaban J connectivity index is 3.25. The van der Waals surface area contributed by atoms with Gasteiger partial charge in [0.05, 0.1) is 0 Å². The molecular formula is C13H24N4O2. The molecule has 1 N–H and O–H groups in total. The number of azide groups is 1. The van der Waals surface area contributed by atoms with Gasteiger partial charge in [-0.25, -0.2) is 0 Å². The van der Waals surface area contributed by atoms with Crippen molar-refractivity contribution in [3.05, 3.63) is 10.4 Å². The molecule has 0 aromatic carbocycles. The Bertz CT molecular complexity index is 312. The molecular weight excluding hydrogens is 244 g/mol. The molecule has 108 valence electrons. The zero-order valence-corrected chi connectivity index (χ0v) is 11.7. The topological polar surface area (TPSA) is 94.9 Å². The highest BCUT2D eigenvalue weighted by Crippen LogP contribution is 2.01. The van der Waals surface area contributed by atoms with Crippen molar-refractivity contribution in [3.8, 4) is 0 Å². The summed E-state index contributed by atoms with van der Waals surface area (Å²) >= 11 is 0. The van der Waals surface area contributed by atoms with Gasteiger partial charge in [-0.2, -0.15) is 0 Å². The lowest BCUT2D eigenvalue weighted by Gasteiger charge is -2.04. The second-order valence-corrected chi connectivity index (χ2v) is 4.63. The van der Waals surface area contributed by atoms with E-state index in [-0.39, 0.29) is 11.7 Å². The quantitative estimate of drug-likeness (QED) is 0.255. The van der Waals surface area contributed by atoms with E-state index in [1.807, 2.05) is 0 Å². The van der Waals surface area contributed by atoms with Crippen LogP contribution < -0.4 is 5.32 Å². The van der Waals surface area contributed by atoms with E-state index in [9.17, 15) is 9.59 Å². The van der Waals surface area contributed by atoms with E-state index in [0.717, 1.165) is 38.5 Å². The third-order valence-corrected chi connectivity index (χ3v) is 2.75. The standard InChI is InChI=1S/C13H24N4O2/c1-12(18)8-4-2-6-10-15-13(19)9-5-3-7-11-16-17-14/h2-11H2,1H3,(H,15,19). The van der Waals surface area contributed by atoms with Crippen molar-refractivity contribution in [1.29, 1.82) is 0 Å². The molecule has 1 amide bonds. The first kappa shape index (κ1) is 17.4. The zero-order chi connectivity index (χ0) is 14.3. The third-order valence-electron chi connectivity index (χ3n) is 2.75. The number of unbranched alkanes of at least 4 members (excludes halogenated alkanes) is 4. The largest absolute Gasteiger partial charge is 0.356 e. The lowest BCUT2D eigenvalue weighted by Crippen LogP contribution is -2.24. The molecule has 0 saturated carbocycles. The summed E-state index contributed by atoms with van der Waals surface area (Å²) in [5, 5.41) is 6.30. The average molecular weight is 268 g/mol. The number of carbonyl (C=O) groups excluding carboxylic acids is 2. The fourth-order valence-electron chi connectivity index (χ4n) is 1.68. The summed E-state index contributed by atoms with van der Waals surface area (Å²) in [5.74, 6) is 0.306. The molecule has 0 aliphatic heterocycles. The van der Waals surface area contributed by atoms with Crippen LogP contribution in [0.25, 0.3) is 10.4 Å². The van der Waals surface area contributed by atoms with E-state index in [1.54, 1.807) is 6.92 Å². The number of ketones is 1. The summed E-state index contributed by atoms with van der Waals surface area (Å²) in [5.41, 5.74) is 8.08. The molecule has 0 unspecified atom stereocenters. The second kappa shape index (κ2) is 12.9. The van der Waals surface area contributed by atoms with Gasteiger partial charge in [-0.15, -0.1) is 0 Å². The normalized spacial score (nSPS) is 9.74. The fraction of sp³-hybridized carbons (Fsp3) is 0.846. The van der Waals surface area contributed by atoms with E-state index < -0.39 is 0 Å². The van der Waals surface area contributed by atoms with Crippen LogP contribution in [0.1, 0.15) is 58.3 Å². The van der Waals surface area contributed by atoms with Crippen LogP contribution >= 0.6 is 0 Å². The van der Waals surface area contributed by atoms with Gasteiger partial charge in [-0.1, -0.05) is 18.0 Å². The minimum Gasteiger partial charge on any atom is -0.356 e. The van der Waals surface area contributed by atoms with Gasteiger partial charge in [0.15, 0.2) is 0 Å². The van der Waals surface area contributed by atoms with Gasteiger partial charge in [-0.05, 0) is 38.1 Å². The molecule has 0 aliphatic rings. The van der Waals surface area contributed by atoms with Crippen LogP contribution in [0, 0.1) is 0 Å². The number of carbonyl (C=O) groups is 2. The maximum atomic E-state index is 11.4. The van der Waals surface area contributed by atoms with Crippen LogP contribution in [-0.4, -0.2) is 24.8 Å². The number of amides is 1. The smallest absolute Gasteiger partial charge is 0.219 e. The highest BCUT2D eigenvalue weighted by atomic mass is 16.1. The van der Waals surface area contributed by atoms with Gasteiger partial charge in [0.2, 0.25) is 5.91 Å². The summed E-state index contributed by atoms with van der Waals surface area (Å²) in [6, 6.07) is 0. The molecule has 0 bridgehead atoms. The molecule has 6 heteroatoms. The fourth-order valence-corrected chi connectivity index (χ4v) is 1.68. The lowest BCUT2D eigenvalue weighted by molar-refractivity contribution is -0.121. The molecule has 0 aliphatic carbocycles. The molecule has 0 fully saturated rings. The van der Waals surface area contributed by atoms with E-state index in [2.05, 4.69) is 15.3 Å². The number of Topliss-reactive ketones (excluding diaryl/α,β-unsaturated/α-hetero) is 1. The lowest BCUT2D eigenvalue weighted by atomic mass is 10.1. The first-order chi connectivity index (χ1) is 9.16. The molecule has 0 atom stereocenters. The van der Waals surface area contributed by atoms with Gasteiger partial charge in [0.25, 0.3) is 0 Å². The van der Waals surface area contributed by atoms with Crippen molar-refractivity contribution in [2.75, 3.05) is 13.1 Å². The molecule has 19 heavy (non-hydrogen) atoms. The molecule has 0 aromatic rings. The van der Waals surface area contributed by atoms with E-state index in [1.165, 1.54) is 0 Å². The maximum Gasteiger partial charge on any atom is 0.219 e. The number of nitrogens with zero attached hydrogens (tertiary/aromatic N) is 3. The molecule has 0 saturated heterocycles. The SMILES string of the molecule is CC(=O)CCCCCNC(=O)CCCCCN=[N+]=[N-]. The van der Waals surface area contributed by atoms with Crippen LogP contribution in [0.4, 0.5) is 0 Å². The average Bonchev–Trinajstić information content (AvgIpc) is 2.37. The number of nitrogens with one attached hydrogen (secondary N) is 1. The highest BCUT2D eigenvalue weighted by molar-refractivity contribution is 5.75. The van der Waals surface area contributed by atoms with Gasteiger partial charge in [-0.3, -0.25) is 4.79 Å². The second-order valence-electron chi connectivity index (χ2n) is 4.63. The summed E-state index contributed by atoms with van der Waals surface area (Å²) in [6.07, 6.45) is 6.56. The summed E-state index contributed by atoms with van der Waals surface area (Å²) in [4.78, 5) is 24.8. The Morgan fingerprint density at radius 1 is 1.05 bits per heavy atom. The van der Waals surface area contributed by atoms with Crippen LogP contribution in [0.2, 0.25) is 0 Å². The molecule has 0 aromatic heterocycles. The van der Waals surface area contributed by atoms with E-state index in [0.29, 0.717) is 25.9 Å². The molecule has 0 heterocycles. The Morgan fingerprint density at radius 2 is 1.74 bits per heavy atom. The van der Waals surface area contributed by atoms with Crippen molar-refractivity contribution in [2.24, 2.45) is 5.11 Å². The molecule has 0 spiro atoms. The molecule has 0 rings (SSSR count). The van der Waals surface area contributed by atoms with E-state index in [4.69, 9.17) is 5.53 Å². The van der Waals surface area contributed by atoms with Gasteiger partial charge in [0.1, 0.15) is 5.78 Å². The number of hydrogen-bond donors (Lipinski definition) is 1. The third kappa shape index (κ3) is 14.4. The highest BCUT2D eigenvalue weighted by Gasteiger charge is 2.00. The van der Waals surface area contributed by atoms with Crippen molar-refractivity contribution < 1.29 is 9.59 Å². The Labute approximate surface area is 114 Å². The van der Waals surface area contributed by atoms with Crippen LogP contribution in [0.5, 0.6) is 0 Å². The summed E-state index contributed by atoms with van der Waals surface area (Å²) in [6.45, 7) is 2.80. The summed E-state index contributed by atoms with van der Waals surface area (Å²) in [7, 11) is 0. The maximum absolute atomic E-state index is 11.4. The first-order valence-electron chi connectivity index (χ1n) is 6.94. The van der Waals surface area contributed by atoms with Crippen LogP contribution in [0.15, 0.2) is 5.11 Å². The molecule has 6 nitrogen and oxygen atoms in total. The Hall–Kier alpha value is -1.55. The first-order valence-corrected chi connectivity index (χ1v) is 6.94. The van der Waals surface area contributed by atoms with Gasteiger partial charge >= 0.3 is 0 Å². The van der Waals surface area contributed by atoms with Crippen LogP contribution in [0.3, 0.4) is 0 Å². The van der Waals surface area contributed by atoms with E-state index >= 15 is 0 Å². The Morgan fingerprint density at radius 3 is 2.42 bits per heavy atom. The van der Waals surface area contributed by atoms with Crippen LogP contribution in [-0.2, 0) is 9.59 Å². The van der Waals surface area contributed by atoms with Crippen molar-refractivity contribution >= 4 is 11.7 Å². The van der Waals surface area contributed by atoms with Crippen molar-refractivity contribution in [3.63, 3.8) is 0 Å². The zero-order valence-electron chi connectivity index (χ0n) is 11.7. The Kier molecular flexibility index (Phi) is 11.8. The minimum absolute atomic E-state index is 0.0790. The number of rotatable bonds is 12. The number of hydrogen-bond acceptors (Lipinski definition) is 3. The monoisotopic (exact) mass is 268 g/mol. The predicted octanol–water partition coefficient (Wildman–Crippen LogP) is 3.12.